The first-order valence-corrected chi connectivity index (χ1v) is 19.5. The van der Waals surface area contributed by atoms with Crippen LogP contribution in [0.1, 0.15) is 0 Å². The third kappa shape index (κ3) is 5.43. The molecule has 0 aliphatic heterocycles. The van der Waals surface area contributed by atoms with E-state index in [4.69, 9.17) is 0 Å². The number of nitrogens with zero attached hydrogens (tertiary/aromatic N) is 3. The second-order valence-corrected chi connectivity index (χ2v) is 14.5. The van der Waals surface area contributed by atoms with Gasteiger partial charge in [0, 0.05) is 44.2 Å². The Morgan fingerprint density at radius 2 is 0.842 bits per heavy atom. The number of hydrogen-bond acceptors (Lipinski definition) is 1. The van der Waals surface area contributed by atoms with Crippen LogP contribution in [0.25, 0.3) is 77.2 Å². The average molecular weight is 728 g/mol. The summed E-state index contributed by atoms with van der Waals surface area (Å²) in [7, 11) is 0. The van der Waals surface area contributed by atoms with Crippen molar-refractivity contribution in [2.24, 2.45) is 0 Å². The third-order valence-electron chi connectivity index (χ3n) is 11.3. The molecule has 3 heteroatoms. The zero-order chi connectivity index (χ0) is 37.7. The van der Waals surface area contributed by atoms with Crippen LogP contribution in [0.2, 0.25) is 0 Å². The van der Waals surface area contributed by atoms with Crippen LogP contribution in [0.5, 0.6) is 0 Å². The van der Waals surface area contributed by atoms with Gasteiger partial charge in [0.05, 0.1) is 33.4 Å². The summed E-state index contributed by atoms with van der Waals surface area (Å²) in [6, 6.07) is 81.1. The van der Waals surface area contributed by atoms with Crippen molar-refractivity contribution in [2.45, 2.75) is 0 Å². The van der Waals surface area contributed by atoms with Gasteiger partial charge in [-0.2, -0.15) is 0 Å². The van der Waals surface area contributed by atoms with E-state index in [0.717, 1.165) is 34.0 Å². The molecule has 0 atom stereocenters. The Kier molecular flexibility index (Phi) is 7.82. The quantitative estimate of drug-likeness (QED) is 0.159. The van der Waals surface area contributed by atoms with Crippen LogP contribution in [-0.2, 0) is 0 Å². The van der Waals surface area contributed by atoms with Gasteiger partial charge in [0.25, 0.3) is 0 Å². The smallest absolute Gasteiger partial charge is 0.0702 e. The summed E-state index contributed by atoms with van der Waals surface area (Å²) >= 11 is 0. The number of hydrogen-bond donors (Lipinski definition) is 0. The molecule has 0 bridgehead atoms. The molecule has 0 fully saturated rings. The van der Waals surface area contributed by atoms with Gasteiger partial charge in [-0.1, -0.05) is 158 Å². The number of benzene rings is 9. The lowest BCUT2D eigenvalue weighted by Crippen LogP contribution is -2.13. The summed E-state index contributed by atoms with van der Waals surface area (Å²) in [6.45, 7) is 0. The molecule has 0 unspecified atom stereocenters. The molecular weight excluding hydrogens is 691 g/mol. The first-order chi connectivity index (χ1) is 28.3. The molecule has 0 N–H and O–H groups in total. The van der Waals surface area contributed by atoms with Crippen LogP contribution < -0.4 is 4.90 Å². The highest BCUT2D eigenvalue weighted by Crippen LogP contribution is 2.44. The Morgan fingerprint density at radius 3 is 1.54 bits per heavy atom. The van der Waals surface area contributed by atoms with Crippen LogP contribution in [0, 0.1) is 0 Å². The monoisotopic (exact) mass is 727 g/mol. The van der Waals surface area contributed by atoms with Crippen molar-refractivity contribution in [1.29, 1.82) is 0 Å². The Morgan fingerprint density at radius 1 is 0.316 bits per heavy atom. The molecule has 0 spiro atoms. The zero-order valence-corrected chi connectivity index (χ0v) is 31.2. The first kappa shape index (κ1) is 32.8. The number of aromatic nitrogens is 2. The summed E-state index contributed by atoms with van der Waals surface area (Å²) in [6.07, 6.45) is 0. The topological polar surface area (TPSA) is 13.1 Å². The minimum Gasteiger partial charge on any atom is -0.309 e. The minimum atomic E-state index is 1.08. The lowest BCUT2D eigenvalue weighted by Gasteiger charge is -2.29. The fourth-order valence-electron chi connectivity index (χ4n) is 8.79. The van der Waals surface area contributed by atoms with Crippen molar-refractivity contribution in [3.05, 3.63) is 224 Å². The molecular formula is C54H37N3. The molecule has 0 aliphatic rings. The van der Waals surface area contributed by atoms with Crippen molar-refractivity contribution in [3.63, 3.8) is 0 Å². The van der Waals surface area contributed by atoms with Crippen molar-refractivity contribution in [2.75, 3.05) is 4.90 Å². The van der Waals surface area contributed by atoms with E-state index in [1.807, 2.05) is 0 Å². The Labute approximate surface area is 331 Å². The summed E-state index contributed by atoms with van der Waals surface area (Å²) < 4.78 is 4.84. The molecule has 2 heterocycles. The van der Waals surface area contributed by atoms with Gasteiger partial charge in [-0.15, -0.1) is 0 Å². The number of fused-ring (bicyclic) bond motifs is 6. The van der Waals surface area contributed by atoms with Crippen molar-refractivity contribution < 1.29 is 0 Å². The van der Waals surface area contributed by atoms with E-state index in [9.17, 15) is 0 Å². The van der Waals surface area contributed by atoms with Crippen LogP contribution >= 0.6 is 0 Å². The fraction of sp³-hybridized carbons (Fsp3) is 0. The highest BCUT2D eigenvalue weighted by atomic mass is 15.2. The molecule has 0 amide bonds. The van der Waals surface area contributed by atoms with E-state index in [1.165, 1.54) is 60.3 Å². The number of anilines is 3. The second-order valence-electron chi connectivity index (χ2n) is 14.5. The van der Waals surface area contributed by atoms with E-state index >= 15 is 0 Å². The van der Waals surface area contributed by atoms with E-state index in [0.29, 0.717) is 0 Å². The van der Waals surface area contributed by atoms with Crippen LogP contribution in [0.4, 0.5) is 17.1 Å². The van der Waals surface area contributed by atoms with Gasteiger partial charge in [0.15, 0.2) is 0 Å². The van der Waals surface area contributed by atoms with Gasteiger partial charge in [-0.3, -0.25) is 0 Å². The zero-order valence-electron chi connectivity index (χ0n) is 31.2. The molecule has 3 nitrogen and oxygen atoms in total. The fourth-order valence-corrected chi connectivity index (χ4v) is 8.79. The van der Waals surface area contributed by atoms with Crippen molar-refractivity contribution in [3.8, 4) is 33.6 Å². The summed E-state index contributed by atoms with van der Waals surface area (Å²) in [5.41, 5.74) is 15.0. The Balaban J connectivity index is 1.12. The van der Waals surface area contributed by atoms with Gasteiger partial charge in [0.1, 0.15) is 0 Å². The van der Waals surface area contributed by atoms with Crippen molar-refractivity contribution in [1.82, 2.24) is 9.13 Å². The normalized spacial score (nSPS) is 11.5. The van der Waals surface area contributed by atoms with Gasteiger partial charge in [-0.05, 0) is 83.4 Å². The molecule has 57 heavy (non-hydrogen) atoms. The van der Waals surface area contributed by atoms with Crippen LogP contribution in [0.3, 0.4) is 0 Å². The molecule has 0 radical (unpaired) electrons. The standard InChI is InChI=1S/C54H37N3/c1-3-17-38(18-4-1)40-19-15-22-43(37-40)55(52-31-13-14-32-53(52)57-50-29-11-7-23-45(50)46-24-8-12-30-51(46)57)42-35-33-39(34-36-42)44-26-16-27-48-47-25-9-10-28-49(47)56(54(44)48)41-20-5-2-6-21-41/h1-37H. The number of rotatable bonds is 7. The maximum absolute atomic E-state index is 2.42. The van der Waals surface area contributed by atoms with Crippen molar-refractivity contribution >= 4 is 60.7 Å². The molecule has 9 aromatic carbocycles. The van der Waals surface area contributed by atoms with E-state index < -0.39 is 0 Å². The predicted molar refractivity (Wildman–Crippen MR) is 241 cm³/mol. The molecule has 11 rings (SSSR count). The maximum atomic E-state index is 2.42. The van der Waals surface area contributed by atoms with E-state index in [-0.39, 0.29) is 0 Å². The van der Waals surface area contributed by atoms with Gasteiger partial charge in [0.2, 0.25) is 0 Å². The minimum absolute atomic E-state index is 1.08. The molecule has 2 aromatic heterocycles. The van der Waals surface area contributed by atoms with Gasteiger partial charge < -0.3 is 14.0 Å². The molecule has 11 aromatic rings. The molecule has 268 valence electrons. The Bertz CT molecular complexity index is 3170. The summed E-state index contributed by atoms with van der Waals surface area (Å²) in [5, 5.41) is 4.98. The summed E-state index contributed by atoms with van der Waals surface area (Å²) in [5.74, 6) is 0. The van der Waals surface area contributed by atoms with Crippen LogP contribution in [0.15, 0.2) is 224 Å². The van der Waals surface area contributed by atoms with E-state index in [2.05, 4.69) is 238 Å². The van der Waals surface area contributed by atoms with Gasteiger partial charge >= 0.3 is 0 Å². The average Bonchev–Trinajstić information content (AvgIpc) is 3.81. The Hall–Kier alpha value is -7.62. The molecule has 0 saturated heterocycles. The highest BCUT2D eigenvalue weighted by molar-refractivity contribution is 6.14. The lowest BCUT2D eigenvalue weighted by molar-refractivity contribution is 1.15. The first-order valence-electron chi connectivity index (χ1n) is 19.5. The summed E-state index contributed by atoms with van der Waals surface area (Å²) in [4.78, 5) is 2.41. The predicted octanol–water partition coefficient (Wildman–Crippen LogP) is 14.7. The molecule has 0 aliphatic carbocycles. The van der Waals surface area contributed by atoms with Crippen LogP contribution in [-0.4, -0.2) is 9.13 Å². The SMILES string of the molecule is c1ccc(-c2cccc(N(c3ccc(-c4cccc5c6ccccc6n(-c6ccccc6)c45)cc3)c3ccccc3-n3c4ccccc4c4ccccc43)c2)cc1. The number of para-hydroxylation sites is 7. The third-order valence-corrected chi connectivity index (χ3v) is 11.3. The van der Waals surface area contributed by atoms with E-state index in [1.54, 1.807) is 0 Å². The van der Waals surface area contributed by atoms with Gasteiger partial charge in [-0.25, -0.2) is 0 Å². The maximum Gasteiger partial charge on any atom is 0.0702 e. The largest absolute Gasteiger partial charge is 0.309 e. The lowest BCUT2D eigenvalue weighted by atomic mass is 10.0. The second kappa shape index (κ2) is 13.6. The highest BCUT2D eigenvalue weighted by Gasteiger charge is 2.22. The molecule has 0 saturated carbocycles.